The number of hydrogen-bond acceptors (Lipinski definition) is 4. The molecule has 2 aromatic carbocycles. The third-order valence-corrected chi connectivity index (χ3v) is 7.29. The standard InChI is InChI=1S/C27H26F7N3O/c1-16(7-25-24(15-38-35-25)27(32,33)34)18-3-2-4-21(10-18)37-12-19-8-17(11-36-6-5-20(28)13-36)9-23(22(19)14-37)26(29,30)31/h2-4,8-10,15-16,20H,5-7,11-14H2,1H3/t16-,20+/m1/s1. The highest BCUT2D eigenvalue weighted by molar-refractivity contribution is 5.56. The highest BCUT2D eigenvalue weighted by Crippen LogP contribution is 2.40. The smallest absolute Gasteiger partial charge is 0.364 e. The molecule has 0 amide bonds. The van der Waals surface area contributed by atoms with E-state index in [0.29, 0.717) is 36.0 Å². The van der Waals surface area contributed by atoms with Crippen LogP contribution in [0.5, 0.6) is 0 Å². The van der Waals surface area contributed by atoms with Gasteiger partial charge in [-0.05, 0) is 52.8 Å². The van der Waals surface area contributed by atoms with Crippen LogP contribution in [0.2, 0.25) is 0 Å². The second kappa shape index (κ2) is 9.91. The molecule has 2 aliphatic heterocycles. The van der Waals surface area contributed by atoms with Crippen molar-refractivity contribution in [3.05, 3.63) is 81.7 Å². The Hall–Kier alpha value is -3.08. The molecule has 0 unspecified atom stereocenters. The third-order valence-electron chi connectivity index (χ3n) is 7.29. The summed E-state index contributed by atoms with van der Waals surface area (Å²) >= 11 is 0. The molecule has 0 N–H and O–H groups in total. The minimum atomic E-state index is -4.57. The summed E-state index contributed by atoms with van der Waals surface area (Å²) in [6, 6.07) is 10.0. The van der Waals surface area contributed by atoms with Gasteiger partial charge in [-0.2, -0.15) is 26.3 Å². The number of rotatable bonds is 6. The first-order valence-electron chi connectivity index (χ1n) is 12.3. The van der Waals surface area contributed by atoms with Gasteiger partial charge in [0.25, 0.3) is 0 Å². The molecule has 1 saturated heterocycles. The predicted octanol–water partition coefficient (Wildman–Crippen LogP) is 7.12. The summed E-state index contributed by atoms with van der Waals surface area (Å²) in [5, 5.41) is 3.52. The molecule has 2 aliphatic rings. The maximum Gasteiger partial charge on any atom is 0.421 e. The van der Waals surface area contributed by atoms with Crippen molar-refractivity contribution in [3.63, 3.8) is 0 Å². The lowest BCUT2D eigenvalue weighted by atomic mass is 9.94. The molecular formula is C27H26F7N3O. The van der Waals surface area contributed by atoms with Gasteiger partial charge in [0, 0.05) is 44.8 Å². The molecule has 2 atom stereocenters. The Balaban J connectivity index is 1.37. The van der Waals surface area contributed by atoms with E-state index in [0.717, 1.165) is 5.56 Å². The van der Waals surface area contributed by atoms with E-state index in [1.54, 1.807) is 37.3 Å². The molecule has 4 nitrogen and oxygen atoms in total. The van der Waals surface area contributed by atoms with Crippen LogP contribution in [0.4, 0.5) is 36.4 Å². The quantitative estimate of drug-likeness (QED) is 0.311. The van der Waals surface area contributed by atoms with Crippen molar-refractivity contribution < 1.29 is 35.3 Å². The number of nitrogens with zero attached hydrogens (tertiary/aromatic N) is 3. The van der Waals surface area contributed by atoms with Gasteiger partial charge in [0.05, 0.1) is 11.3 Å². The summed E-state index contributed by atoms with van der Waals surface area (Å²) in [6.45, 7) is 3.06. The van der Waals surface area contributed by atoms with Crippen LogP contribution in [0.25, 0.3) is 0 Å². The van der Waals surface area contributed by atoms with Gasteiger partial charge in [-0.1, -0.05) is 30.3 Å². The predicted molar refractivity (Wildman–Crippen MR) is 126 cm³/mol. The van der Waals surface area contributed by atoms with Crippen molar-refractivity contribution in [2.24, 2.45) is 0 Å². The van der Waals surface area contributed by atoms with E-state index in [-0.39, 0.29) is 49.8 Å². The molecule has 0 aliphatic carbocycles. The summed E-state index contributed by atoms with van der Waals surface area (Å²) in [7, 11) is 0. The number of alkyl halides is 7. The molecular weight excluding hydrogens is 515 g/mol. The Bertz CT molecular complexity index is 1300. The molecule has 0 spiro atoms. The first kappa shape index (κ1) is 26.5. The molecule has 0 bridgehead atoms. The summed E-state index contributed by atoms with van der Waals surface area (Å²) in [5.74, 6) is -0.344. The highest BCUT2D eigenvalue weighted by atomic mass is 19.4. The zero-order valence-electron chi connectivity index (χ0n) is 20.5. The maximum atomic E-state index is 14.0. The topological polar surface area (TPSA) is 32.5 Å². The number of halogens is 7. The molecule has 11 heteroatoms. The summed E-state index contributed by atoms with van der Waals surface area (Å²) < 4.78 is 99.8. The van der Waals surface area contributed by atoms with E-state index in [2.05, 4.69) is 9.68 Å². The van der Waals surface area contributed by atoms with E-state index >= 15 is 0 Å². The van der Waals surface area contributed by atoms with E-state index in [1.807, 2.05) is 9.80 Å². The number of hydrogen-bond donors (Lipinski definition) is 0. The normalized spacial score (nSPS) is 19.3. The Labute approximate surface area is 215 Å². The van der Waals surface area contributed by atoms with Crippen molar-refractivity contribution >= 4 is 5.69 Å². The minimum absolute atomic E-state index is 0.00710. The number of likely N-dealkylation sites (tertiary alicyclic amines) is 1. The van der Waals surface area contributed by atoms with Crippen LogP contribution in [0.3, 0.4) is 0 Å². The number of benzene rings is 2. The van der Waals surface area contributed by atoms with E-state index < -0.39 is 29.7 Å². The van der Waals surface area contributed by atoms with Gasteiger partial charge in [0.15, 0.2) is 0 Å². The maximum absolute atomic E-state index is 14.0. The van der Waals surface area contributed by atoms with Gasteiger partial charge in [-0.3, -0.25) is 4.90 Å². The number of aromatic nitrogens is 1. The van der Waals surface area contributed by atoms with Crippen LogP contribution in [0, 0.1) is 0 Å². The average molecular weight is 542 g/mol. The fraction of sp³-hybridized carbons (Fsp3) is 0.444. The molecule has 204 valence electrons. The van der Waals surface area contributed by atoms with E-state index in [4.69, 9.17) is 0 Å². The van der Waals surface area contributed by atoms with E-state index in [1.165, 1.54) is 6.07 Å². The Morgan fingerprint density at radius 1 is 1.03 bits per heavy atom. The lowest BCUT2D eigenvalue weighted by Gasteiger charge is -2.21. The fourth-order valence-corrected chi connectivity index (χ4v) is 5.37. The average Bonchev–Trinajstić information content (AvgIpc) is 3.57. The van der Waals surface area contributed by atoms with Crippen LogP contribution in [-0.4, -0.2) is 29.3 Å². The number of anilines is 1. The van der Waals surface area contributed by atoms with Gasteiger partial charge < -0.3 is 9.42 Å². The number of fused-ring (bicyclic) bond motifs is 1. The molecule has 5 rings (SSSR count). The zero-order valence-corrected chi connectivity index (χ0v) is 20.5. The van der Waals surface area contributed by atoms with Crippen molar-refractivity contribution in [1.82, 2.24) is 10.1 Å². The Morgan fingerprint density at radius 2 is 1.79 bits per heavy atom. The molecule has 38 heavy (non-hydrogen) atoms. The van der Waals surface area contributed by atoms with Crippen LogP contribution >= 0.6 is 0 Å². The highest BCUT2D eigenvalue weighted by Gasteiger charge is 2.38. The van der Waals surface area contributed by atoms with Crippen molar-refractivity contribution in [3.8, 4) is 0 Å². The van der Waals surface area contributed by atoms with Crippen LogP contribution < -0.4 is 4.90 Å². The van der Waals surface area contributed by atoms with Gasteiger partial charge in [0.2, 0.25) is 0 Å². The van der Waals surface area contributed by atoms with Crippen molar-refractivity contribution in [1.29, 1.82) is 0 Å². The van der Waals surface area contributed by atoms with Crippen LogP contribution in [0.15, 0.2) is 47.2 Å². The first-order chi connectivity index (χ1) is 17.9. The second-order valence-corrected chi connectivity index (χ2v) is 10.1. The molecule has 1 fully saturated rings. The monoisotopic (exact) mass is 541 g/mol. The molecule has 0 saturated carbocycles. The zero-order chi connectivity index (χ0) is 27.2. The van der Waals surface area contributed by atoms with Gasteiger partial charge in [-0.15, -0.1) is 0 Å². The van der Waals surface area contributed by atoms with Crippen molar-refractivity contribution in [2.45, 2.75) is 63.8 Å². The molecule has 1 aromatic heterocycles. The van der Waals surface area contributed by atoms with Gasteiger partial charge in [0.1, 0.15) is 18.0 Å². The largest absolute Gasteiger partial charge is 0.421 e. The van der Waals surface area contributed by atoms with Gasteiger partial charge in [-0.25, -0.2) is 4.39 Å². The minimum Gasteiger partial charge on any atom is -0.364 e. The van der Waals surface area contributed by atoms with Gasteiger partial charge >= 0.3 is 12.4 Å². The summed E-state index contributed by atoms with van der Waals surface area (Å²) in [5.41, 5.74) is 0.910. The lowest BCUT2D eigenvalue weighted by Crippen LogP contribution is -2.21. The molecule has 3 heterocycles. The summed E-state index contributed by atoms with van der Waals surface area (Å²) in [4.78, 5) is 3.65. The van der Waals surface area contributed by atoms with Crippen molar-refractivity contribution in [2.75, 3.05) is 18.0 Å². The first-order valence-corrected chi connectivity index (χ1v) is 12.3. The van der Waals surface area contributed by atoms with Crippen LogP contribution in [-0.2, 0) is 38.4 Å². The second-order valence-electron chi connectivity index (χ2n) is 10.1. The molecule has 3 aromatic rings. The lowest BCUT2D eigenvalue weighted by molar-refractivity contribution is -0.139. The fourth-order valence-electron chi connectivity index (χ4n) is 5.37. The SMILES string of the molecule is C[C@H](Cc1nocc1C(F)(F)F)c1cccc(N2Cc3cc(CN4CC[C@H](F)C4)cc(C(F)(F)F)c3C2)c1. The molecule has 0 radical (unpaired) electrons. The Kier molecular flexibility index (Phi) is 6.91. The van der Waals surface area contributed by atoms with Crippen LogP contribution in [0.1, 0.15) is 58.3 Å². The Morgan fingerprint density at radius 3 is 2.47 bits per heavy atom. The summed E-state index contributed by atoms with van der Waals surface area (Å²) in [6.07, 6.45) is -9.10. The van der Waals surface area contributed by atoms with E-state index in [9.17, 15) is 30.7 Å². The third kappa shape index (κ3) is 5.52.